The normalized spacial score (nSPS) is 13.6. The van der Waals surface area contributed by atoms with Crippen molar-refractivity contribution in [2.75, 3.05) is 5.32 Å². The van der Waals surface area contributed by atoms with Gasteiger partial charge < -0.3 is 9.84 Å². The van der Waals surface area contributed by atoms with Crippen LogP contribution in [0, 0.1) is 6.92 Å². The molecular formula is C22H18N4O2. The van der Waals surface area contributed by atoms with Crippen molar-refractivity contribution in [3.63, 3.8) is 0 Å². The molecule has 6 nitrogen and oxygen atoms in total. The summed E-state index contributed by atoms with van der Waals surface area (Å²) in [5.74, 6) is 0.659. The first-order valence-corrected chi connectivity index (χ1v) is 9.29. The SMILES string of the molecule is Cc1ccnc(NC(=O)c2cc(C3CC3)nc3onc(-c4ccccc4)c23)c1. The Morgan fingerprint density at radius 1 is 1.14 bits per heavy atom. The van der Waals surface area contributed by atoms with Gasteiger partial charge in [0, 0.05) is 23.4 Å². The van der Waals surface area contributed by atoms with Crippen LogP contribution in [0.25, 0.3) is 22.4 Å². The van der Waals surface area contributed by atoms with E-state index < -0.39 is 0 Å². The number of carbonyl (C=O) groups excluding carboxylic acids is 1. The molecule has 6 heteroatoms. The number of hydrogen-bond donors (Lipinski definition) is 1. The number of amides is 1. The van der Waals surface area contributed by atoms with Crippen LogP contribution in [-0.4, -0.2) is 21.0 Å². The van der Waals surface area contributed by atoms with Gasteiger partial charge in [-0.25, -0.2) is 9.97 Å². The first-order chi connectivity index (χ1) is 13.7. The molecule has 1 aromatic carbocycles. The number of aromatic nitrogens is 3. The van der Waals surface area contributed by atoms with E-state index in [2.05, 4.69) is 20.4 Å². The van der Waals surface area contributed by atoms with Crippen molar-refractivity contribution in [2.24, 2.45) is 0 Å². The van der Waals surface area contributed by atoms with Crippen molar-refractivity contribution in [3.8, 4) is 11.3 Å². The van der Waals surface area contributed by atoms with Crippen LogP contribution in [0.3, 0.4) is 0 Å². The van der Waals surface area contributed by atoms with Crippen LogP contribution < -0.4 is 5.32 Å². The van der Waals surface area contributed by atoms with Crippen molar-refractivity contribution in [1.29, 1.82) is 0 Å². The van der Waals surface area contributed by atoms with Gasteiger partial charge in [-0.1, -0.05) is 35.5 Å². The van der Waals surface area contributed by atoms with E-state index in [0.29, 0.717) is 34.1 Å². The van der Waals surface area contributed by atoms with Gasteiger partial charge in [0.05, 0.1) is 10.9 Å². The molecule has 0 bridgehead atoms. The summed E-state index contributed by atoms with van der Waals surface area (Å²) in [7, 11) is 0. The molecule has 1 amide bonds. The summed E-state index contributed by atoms with van der Waals surface area (Å²) >= 11 is 0. The molecule has 0 atom stereocenters. The third kappa shape index (κ3) is 3.03. The van der Waals surface area contributed by atoms with Gasteiger partial charge in [-0.15, -0.1) is 0 Å². The Balaban J connectivity index is 1.64. The van der Waals surface area contributed by atoms with Gasteiger partial charge in [0.1, 0.15) is 11.5 Å². The molecule has 0 unspecified atom stereocenters. The predicted molar refractivity (Wildman–Crippen MR) is 106 cm³/mol. The molecule has 1 saturated carbocycles. The number of aryl methyl sites for hydroxylation is 1. The lowest BCUT2D eigenvalue weighted by Gasteiger charge is -2.08. The predicted octanol–water partition coefficient (Wildman–Crippen LogP) is 4.72. The summed E-state index contributed by atoms with van der Waals surface area (Å²) in [6.45, 7) is 1.96. The summed E-state index contributed by atoms with van der Waals surface area (Å²) in [5.41, 5.74) is 4.31. The maximum absolute atomic E-state index is 13.2. The number of anilines is 1. The lowest BCUT2D eigenvalue weighted by Crippen LogP contribution is -2.14. The zero-order valence-corrected chi connectivity index (χ0v) is 15.3. The number of fused-ring (bicyclic) bond motifs is 1. The Bertz CT molecular complexity index is 1180. The van der Waals surface area contributed by atoms with Crippen LogP contribution in [0.4, 0.5) is 5.82 Å². The smallest absolute Gasteiger partial charge is 0.259 e. The van der Waals surface area contributed by atoms with E-state index in [1.807, 2.05) is 55.5 Å². The molecule has 1 aliphatic carbocycles. The summed E-state index contributed by atoms with van der Waals surface area (Å²) < 4.78 is 5.53. The van der Waals surface area contributed by atoms with E-state index in [1.165, 1.54) is 0 Å². The van der Waals surface area contributed by atoms with Gasteiger partial charge >= 0.3 is 0 Å². The molecule has 0 saturated heterocycles. The van der Waals surface area contributed by atoms with Gasteiger partial charge in [-0.05, 0) is 43.5 Å². The minimum absolute atomic E-state index is 0.243. The van der Waals surface area contributed by atoms with Crippen LogP contribution in [0.5, 0.6) is 0 Å². The molecule has 0 spiro atoms. The average Bonchev–Trinajstić information content (AvgIpc) is 3.47. The van der Waals surface area contributed by atoms with Crippen molar-refractivity contribution in [2.45, 2.75) is 25.7 Å². The lowest BCUT2D eigenvalue weighted by molar-refractivity contribution is 0.102. The molecule has 1 N–H and O–H groups in total. The minimum Gasteiger partial charge on any atom is -0.335 e. The highest BCUT2D eigenvalue weighted by molar-refractivity contribution is 6.14. The highest BCUT2D eigenvalue weighted by Gasteiger charge is 2.29. The second-order valence-corrected chi connectivity index (χ2v) is 7.12. The van der Waals surface area contributed by atoms with Crippen molar-refractivity contribution in [3.05, 3.63) is 71.5 Å². The van der Waals surface area contributed by atoms with E-state index in [1.54, 1.807) is 6.20 Å². The van der Waals surface area contributed by atoms with Gasteiger partial charge in [0.2, 0.25) is 0 Å². The van der Waals surface area contributed by atoms with E-state index in [0.717, 1.165) is 29.7 Å². The third-order valence-electron chi connectivity index (χ3n) is 4.91. The van der Waals surface area contributed by atoms with Crippen molar-refractivity contribution < 1.29 is 9.32 Å². The number of nitrogens with one attached hydrogen (secondary N) is 1. The zero-order chi connectivity index (χ0) is 19.1. The number of carbonyl (C=O) groups is 1. The molecule has 138 valence electrons. The lowest BCUT2D eigenvalue weighted by atomic mass is 10.0. The monoisotopic (exact) mass is 370 g/mol. The van der Waals surface area contributed by atoms with Gasteiger partial charge in [-0.2, -0.15) is 0 Å². The standard InChI is InChI=1S/C22H18N4O2/c1-13-9-10-23-18(11-13)25-21(27)16-12-17(14-7-8-14)24-22-19(16)20(26-28-22)15-5-3-2-4-6-15/h2-6,9-12,14H,7-8H2,1H3,(H,23,25,27). The molecule has 0 aliphatic heterocycles. The summed E-state index contributed by atoms with van der Waals surface area (Å²) in [4.78, 5) is 22.0. The van der Waals surface area contributed by atoms with Crippen LogP contribution in [-0.2, 0) is 0 Å². The number of nitrogens with zero attached hydrogens (tertiary/aromatic N) is 3. The van der Waals surface area contributed by atoms with Crippen LogP contribution >= 0.6 is 0 Å². The Morgan fingerprint density at radius 3 is 2.71 bits per heavy atom. The second kappa shape index (κ2) is 6.56. The molecule has 5 rings (SSSR count). The second-order valence-electron chi connectivity index (χ2n) is 7.12. The van der Waals surface area contributed by atoms with Crippen molar-refractivity contribution >= 4 is 22.8 Å². The Hall–Kier alpha value is -3.54. The fourth-order valence-electron chi connectivity index (χ4n) is 3.32. The number of rotatable bonds is 4. The Kier molecular flexibility index (Phi) is 3.90. The Labute approximate surface area is 161 Å². The summed E-state index contributed by atoms with van der Waals surface area (Å²) in [6, 6.07) is 15.3. The van der Waals surface area contributed by atoms with E-state index in [4.69, 9.17) is 4.52 Å². The molecule has 1 fully saturated rings. The maximum atomic E-state index is 13.2. The quantitative estimate of drug-likeness (QED) is 0.562. The topological polar surface area (TPSA) is 80.9 Å². The first kappa shape index (κ1) is 16.6. The molecular weight excluding hydrogens is 352 g/mol. The fraction of sp³-hybridized carbons (Fsp3) is 0.182. The maximum Gasteiger partial charge on any atom is 0.259 e. The van der Waals surface area contributed by atoms with Gasteiger partial charge in [-0.3, -0.25) is 4.79 Å². The largest absolute Gasteiger partial charge is 0.335 e. The van der Waals surface area contributed by atoms with E-state index in [9.17, 15) is 4.79 Å². The van der Waals surface area contributed by atoms with Crippen molar-refractivity contribution in [1.82, 2.24) is 15.1 Å². The van der Waals surface area contributed by atoms with E-state index >= 15 is 0 Å². The van der Waals surface area contributed by atoms with Crippen LogP contribution in [0.15, 0.2) is 59.3 Å². The summed E-state index contributed by atoms with van der Waals surface area (Å²) in [6.07, 6.45) is 3.84. The fourth-order valence-corrected chi connectivity index (χ4v) is 3.32. The Morgan fingerprint density at radius 2 is 1.96 bits per heavy atom. The third-order valence-corrected chi connectivity index (χ3v) is 4.91. The molecule has 4 aromatic rings. The molecule has 3 aromatic heterocycles. The van der Waals surface area contributed by atoms with Gasteiger partial charge in [0.25, 0.3) is 11.6 Å². The number of hydrogen-bond acceptors (Lipinski definition) is 5. The highest BCUT2D eigenvalue weighted by Crippen LogP contribution is 2.41. The first-order valence-electron chi connectivity index (χ1n) is 9.29. The van der Waals surface area contributed by atoms with E-state index in [-0.39, 0.29) is 5.91 Å². The zero-order valence-electron chi connectivity index (χ0n) is 15.3. The van der Waals surface area contributed by atoms with Crippen LogP contribution in [0.2, 0.25) is 0 Å². The highest BCUT2D eigenvalue weighted by atomic mass is 16.5. The molecule has 28 heavy (non-hydrogen) atoms. The number of benzene rings is 1. The summed E-state index contributed by atoms with van der Waals surface area (Å²) in [5, 5.41) is 7.74. The number of pyridine rings is 2. The van der Waals surface area contributed by atoms with Crippen LogP contribution in [0.1, 0.15) is 40.4 Å². The van der Waals surface area contributed by atoms with Gasteiger partial charge in [0.15, 0.2) is 0 Å². The molecule has 1 aliphatic rings. The average molecular weight is 370 g/mol. The minimum atomic E-state index is -0.243. The molecule has 3 heterocycles. The molecule has 0 radical (unpaired) electrons.